The van der Waals surface area contributed by atoms with E-state index in [2.05, 4.69) is 4.72 Å². The maximum absolute atomic E-state index is 12.0. The fourth-order valence-corrected chi connectivity index (χ4v) is 3.05. The van der Waals surface area contributed by atoms with Gasteiger partial charge in [0.25, 0.3) is 20.1 Å². The maximum Gasteiger partial charge on any atom is 0.294 e. The first kappa shape index (κ1) is 14.5. The second-order valence-corrected chi connectivity index (χ2v) is 7.02. The molecule has 0 saturated carbocycles. The molecule has 20 heavy (non-hydrogen) atoms. The molecular formula is C12H11NO5S2. The largest absolute Gasteiger partial charge is 0.294 e. The van der Waals surface area contributed by atoms with Gasteiger partial charge in [0.1, 0.15) is 0 Å². The van der Waals surface area contributed by atoms with Crippen molar-refractivity contribution in [1.82, 2.24) is 0 Å². The molecule has 106 valence electrons. The van der Waals surface area contributed by atoms with Crippen molar-refractivity contribution in [3.63, 3.8) is 0 Å². The third-order valence-corrected chi connectivity index (χ3v) is 4.72. The zero-order chi connectivity index (χ0) is 14.8. The van der Waals surface area contributed by atoms with Crippen molar-refractivity contribution in [3.8, 4) is 0 Å². The zero-order valence-corrected chi connectivity index (χ0v) is 11.7. The molecule has 0 atom stereocenters. The minimum atomic E-state index is -4.34. The number of hydrogen-bond acceptors (Lipinski definition) is 4. The number of benzene rings is 2. The molecule has 0 aliphatic heterocycles. The van der Waals surface area contributed by atoms with E-state index in [1.165, 1.54) is 0 Å². The lowest BCUT2D eigenvalue weighted by Gasteiger charge is -2.08. The van der Waals surface area contributed by atoms with Crippen molar-refractivity contribution >= 4 is 25.8 Å². The Morgan fingerprint density at radius 3 is 1.75 bits per heavy atom. The van der Waals surface area contributed by atoms with Gasteiger partial charge < -0.3 is 0 Å². The Morgan fingerprint density at radius 1 is 0.750 bits per heavy atom. The highest BCUT2D eigenvalue weighted by Crippen LogP contribution is 2.17. The topological polar surface area (TPSA) is 101 Å². The lowest BCUT2D eigenvalue weighted by molar-refractivity contribution is 0.483. The van der Waals surface area contributed by atoms with Gasteiger partial charge in [0.2, 0.25) is 0 Å². The van der Waals surface area contributed by atoms with Gasteiger partial charge in [0.05, 0.1) is 9.79 Å². The van der Waals surface area contributed by atoms with E-state index in [-0.39, 0.29) is 9.79 Å². The molecule has 8 heteroatoms. The summed E-state index contributed by atoms with van der Waals surface area (Å²) in [5.74, 6) is 0. The SMILES string of the molecule is O=S(=O)(O)c1ccc(S(=O)(=O)Nc2ccccc2)cc1. The van der Waals surface area contributed by atoms with E-state index < -0.39 is 20.1 Å². The molecule has 0 unspecified atom stereocenters. The van der Waals surface area contributed by atoms with Crippen LogP contribution in [0.15, 0.2) is 64.4 Å². The summed E-state index contributed by atoms with van der Waals surface area (Å²) in [7, 11) is -8.14. The first-order chi connectivity index (χ1) is 9.29. The fraction of sp³-hybridized carbons (Fsp3) is 0. The van der Waals surface area contributed by atoms with Gasteiger partial charge in [0.15, 0.2) is 0 Å². The molecule has 6 nitrogen and oxygen atoms in total. The third-order valence-electron chi connectivity index (χ3n) is 2.46. The molecule has 0 amide bonds. The number of hydrogen-bond donors (Lipinski definition) is 2. The molecule has 2 N–H and O–H groups in total. The average molecular weight is 313 g/mol. The van der Waals surface area contributed by atoms with Crippen molar-refractivity contribution in [3.05, 3.63) is 54.6 Å². The van der Waals surface area contributed by atoms with Gasteiger partial charge in [-0.3, -0.25) is 9.27 Å². The minimum Gasteiger partial charge on any atom is -0.282 e. The summed E-state index contributed by atoms with van der Waals surface area (Å²) in [6, 6.07) is 12.5. The van der Waals surface area contributed by atoms with Crippen LogP contribution in [0.4, 0.5) is 5.69 Å². The smallest absolute Gasteiger partial charge is 0.282 e. The van der Waals surface area contributed by atoms with E-state index in [9.17, 15) is 16.8 Å². The molecule has 2 aromatic rings. The summed E-state index contributed by atoms with van der Waals surface area (Å²) in [5.41, 5.74) is 0.395. The Morgan fingerprint density at radius 2 is 1.25 bits per heavy atom. The summed E-state index contributed by atoms with van der Waals surface area (Å²) in [4.78, 5) is -0.468. The van der Waals surface area contributed by atoms with E-state index in [0.717, 1.165) is 24.3 Å². The summed E-state index contributed by atoms with van der Waals surface area (Å²) in [6.07, 6.45) is 0. The highest BCUT2D eigenvalue weighted by atomic mass is 32.2. The van der Waals surface area contributed by atoms with Crippen LogP contribution in [-0.4, -0.2) is 21.4 Å². The van der Waals surface area contributed by atoms with Crippen molar-refractivity contribution in [2.24, 2.45) is 0 Å². The van der Waals surface area contributed by atoms with E-state index in [1.54, 1.807) is 30.3 Å². The minimum absolute atomic E-state index is 0.103. The van der Waals surface area contributed by atoms with E-state index in [1.807, 2.05) is 0 Å². The Bertz CT molecular complexity index is 797. The third kappa shape index (κ3) is 3.35. The maximum atomic E-state index is 12.0. The molecule has 0 aliphatic carbocycles. The Kier molecular flexibility index (Phi) is 3.80. The first-order valence-corrected chi connectivity index (χ1v) is 8.37. The highest BCUT2D eigenvalue weighted by molar-refractivity contribution is 7.92. The average Bonchev–Trinajstić information content (AvgIpc) is 2.38. The molecule has 0 heterocycles. The van der Waals surface area contributed by atoms with Gasteiger partial charge in [0, 0.05) is 5.69 Å². The lowest BCUT2D eigenvalue weighted by Crippen LogP contribution is -2.13. The monoisotopic (exact) mass is 313 g/mol. The quantitative estimate of drug-likeness (QED) is 0.837. The molecular weight excluding hydrogens is 302 g/mol. The summed E-state index contributed by atoms with van der Waals surface area (Å²) in [6.45, 7) is 0. The Hall–Kier alpha value is -1.90. The summed E-state index contributed by atoms with van der Waals surface area (Å²) < 4.78 is 57.0. The van der Waals surface area contributed by atoms with Crippen molar-refractivity contribution < 1.29 is 21.4 Å². The molecule has 0 aromatic heterocycles. The number of anilines is 1. The van der Waals surface area contributed by atoms with Crippen molar-refractivity contribution in [1.29, 1.82) is 0 Å². The molecule has 0 aliphatic rings. The predicted molar refractivity (Wildman–Crippen MR) is 73.5 cm³/mol. The zero-order valence-electron chi connectivity index (χ0n) is 10.1. The molecule has 0 spiro atoms. The second kappa shape index (κ2) is 5.23. The Labute approximate surface area is 116 Å². The highest BCUT2D eigenvalue weighted by Gasteiger charge is 2.16. The van der Waals surface area contributed by atoms with Gasteiger partial charge in [-0.1, -0.05) is 18.2 Å². The summed E-state index contributed by atoms with van der Waals surface area (Å²) >= 11 is 0. The van der Waals surface area contributed by atoms with E-state index >= 15 is 0 Å². The van der Waals surface area contributed by atoms with Crippen LogP contribution >= 0.6 is 0 Å². The number of sulfonamides is 1. The lowest BCUT2D eigenvalue weighted by atomic mass is 10.3. The van der Waals surface area contributed by atoms with Crippen LogP contribution in [-0.2, 0) is 20.1 Å². The molecule has 0 radical (unpaired) electrons. The van der Waals surface area contributed by atoms with Crippen LogP contribution in [0, 0.1) is 0 Å². The van der Waals surface area contributed by atoms with Crippen LogP contribution in [0.25, 0.3) is 0 Å². The van der Waals surface area contributed by atoms with Crippen LogP contribution in [0.2, 0.25) is 0 Å². The van der Waals surface area contributed by atoms with E-state index in [4.69, 9.17) is 4.55 Å². The molecule has 0 fully saturated rings. The van der Waals surface area contributed by atoms with Gasteiger partial charge in [-0.15, -0.1) is 0 Å². The number of nitrogens with one attached hydrogen (secondary N) is 1. The molecule has 0 bridgehead atoms. The Balaban J connectivity index is 2.31. The van der Waals surface area contributed by atoms with Crippen molar-refractivity contribution in [2.75, 3.05) is 4.72 Å². The van der Waals surface area contributed by atoms with Gasteiger partial charge >= 0.3 is 0 Å². The molecule has 2 rings (SSSR count). The predicted octanol–water partition coefficient (Wildman–Crippen LogP) is 1.73. The fourth-order valence-electron chi connectivity index (χ4n) is 1.51. The molecule has 0 saturated heterocycles. The van der Waals surface area contributed by atoms with Gasteiger partial charge in [-0.05, 0) is 36.4 Å². The van der Waals surface area contributed by atoms with Crippen molar-refractivity contribution in [2.45, 2.75) is 9.79 Å². The van der Waals surface area contributed by atoms with Crippen LogP contribution in [0.1, 0.15) is 0 Å². The second-order valence-electron chi connectivity index (χ2n) is 3.92. The summed E-state index contributed by atoms with van der Waals surface area (Å²) in [5, 5.41) is 0. The van der Waals surface area contributed by atoms with Gasteiger partial charge in [-0.2, -0.15) is 8.42 Å². The molecule has 2 aromatic carbocycles. The van der Waals surface area contributed by atoms with E-state index in [0.29, 0.717) is 5.69 Å². The first-order valence-electron chi connectivity index (χ1n) is 5.44. The van der Waals surface area contributed by atoms with Crippen LogP contribution < -0.4 is 4.72 Å². The standard InChI is InChI=1S/C12H11NO5S2/c14-19(15,13-10-4-2-1-3-5-10)11-6-8-12(9-7-11)20(16,17)18/h1-9,13H,(H,16,17,18). The van der Waals surface area contributed by atoms with Gasteiger partial charge in [-0.25, -0.2) is 8.42 Å². The number of para-hydroxylation sites is 1. The normalized spacial score (nSPS) is 12.1. The van der Waals surface area contributed by atoms with Crippen LogP contribution in [0.5, 0.6) is 0 Å². The van der Waals surface area contributed by atoms with Crippen LogP contribution in [0.3, 0.4) is 0 Å². The number of rotatable bonds is 4.